The number of nitrogens with zero attached hydrogens (tertiary/aromatic N) is 1. The van der Waals surface area contributed by atoms with Crippen molar-refractivity contribution in [1.29, 1.82) is 0 Å². The van der Waals surface area contributed by atoms with Crippen molar-refractivity contribution in [2.75, 3.05) is 6.54 Å². The Morgan fingerprint density at radius 3 is 2.28 bits per heavy atom. The van der Waals surface area contributed by atoms with Gasteiger partial charge in [0.05, 0.1) is 0 Å². The summed E-state index contributed by atoms with van der Waals surface area (Å²) < 4.78 is 12.0. The summed E-state index contributed by atoms with van der Waals surface area (Å²) in [5.74, 6) is -1.25. The molecule has 3 N–H and O–H groups in total. The van der Waals surface area contributed by atoms with Gasteiger partial charge >= 0.3 is 13.7 Å². The summed E-state index contributed by atoms with van der Waals surface area (Å²) in [6.07, 6.45) is 0.0507. The van der Waals surface area contributed by atoms with Gasteiger partial charge in [-0.1, -0.05) is 37.3 Å². The maximum Gasteiger partial charge on any atom is 0.403 e. The van der Waals surface area contributed by atoms with E-state index in [1.165, 1.54) is 6.92 Å². The average Bonchev–Trinajstić information content (AvgIpc) is 2.28. The van der Waals surface area contributed by atoms with Gasteiger partial charge < -0.3 is 14.9 Å². The first kappa shape index (κ1) is 14.9. The van der Waals surface area contributed by atoms with E-state index in [0.717, 1.165) is 5.56 Å². The third kappa shape index (κ3) is 3.92. The summed E-state index contributed by atoms with van der Waals surface area (Å²) in [5.41, 5.74) is 0.719. The number of benzene rings is 1. The van der Waals surface area contributed by atoms with Crippen molar-refractivity contribution in [2.45, 2.75) is 19.4 Å². The predicted molar refractivity (Wildman–Crippen MR) is 66.0 cm³/mol. The van der Waals surface area contributed by atoms with Crippen LogP contribution in [0.2, 0.25) is 0 Å². The molecule has 18 heavy (non-hydrogen) atoms. The van der Waals surface area contributed by atoms with Crippen molar-refractivity contribution in [3.63, 3.8) is 0 Å². The van der Waals surface area contributed by atoms with Gasteiger partial charge in [-0.15, -0.1) is 0 Å². The number of likely N-dealkylation sites (N-methyl/N-ethyl adjacent to an activating group) is 1. The molecule has 0 aliphatic heterocycles. The van der Waals surface area contributed by atoms with Crippen LogP contribution in [0, 0.1) is 0 Å². The zero-order valence-corrected chi connectivity index (χ0v) is 10.8. The lowest BCUT2D eigenvalue weighted by Crippen LogP contribution is -2.40. The van der Waals surface area contributed by atoms with Crippen molar-refractivity contribution in [1.82, 2.24) is 4.67 Å². The Labute approximate surface area is 105 Å². The smallest absolute Gasteiger partial charge is 0.403 e. The number of carboxylic acid groups (broad SMARTS) is 1. The zero-order chi connectivity index (χ0) is 13.8. The highest BCUT2D eigenvalue weighted by atomic mass is 31.2. The molecule has 1 aromatic carbocycles. The predicted octanol–water partition coefficient (Wildman–Crippen LogP) is 1.10. The van der Waals surface area contributed by atoms with Gasteiger partial charge in [-0.05, 0) is 12.0 Å². The number of carboxylic acids is 1. The monoisotopic (exact) mass is 273 g/mol. The second-order valence-electron chi connectivity index (χ2n) is 3.81. The normalized spacial score (nSPS) is 13.6. The standard InChI is InChI=1S/C11H16NO5P/c1-2-12(18(15,16)17)10(11(13)14)8-9-6-4-3-5-7-9/h3-7,10H,2,8H2,1H3,(H,13,14)(H2,15,16,17)/t10-/m0/s1. The molecule has 1 atom stereocenters. The van der Waals surface area contributed by atoms with Crippen LogP contribution in [-0.2, 0) is 15.8 Å². The fourth-order valence-corrected chi connectivity index (χ4v) is 2.66. The largest absolute Gasteiger partial charge is 0.480 e. The molecule has 0 saturated carbocycles. The maximum absolute atomic E-state index is 11.3. The van der Waals surface area contributed by atoms with E-state index in [4.69, 9.17) is 14.9 Å². The Bertz CT molecular complexity index is 444. The van der Waals surface area contributed by atoms with Gasteiger partial charge in [-0.3, -0.25) is 4.79 Å². The Balaban J connectivity index is 2.96. The van der Waals surface area contributed by atoms with E-state index in [2.05, 4.69) is 0 Å². The molecule has 7 heteroatoms. The first-order valence-corrected chi connectivity index (χ1v) is 7.02. The number of aliphatic carboxylic acids is 1. The van der Waals surface area contributed by atoms with E-state index in [1.54, 1.807) is 30.3 Å². The van der Waals surface area contributed by atoms with Crippen LogP contribution < -0.4 is 0 Å². The molecule has 0 bridgehead atoms. The summed E-state index contributed by atoms with van der Waals surface area (Å²) >= 11 is 0. The summed E-state index contributed by atoms with van der Waals surface area (Å²) in [5, 5.41) is 9.11. The molecule has 0 radical (unpaired) electrons. The van der Waals surface area contributed by atoms with Gasteiger partial charge in [-0.2, -0.15) is 4.67 Å². The molecule has 0 fully saturated rings. The fraction of sp³-hybridized carbons (Fsp3) is 0.364. The molecular weight excluding hydrogens is 257 g/mol. The molecule has 0 heterocycles. The van der Waals surface area contributed by atoms with E-state index in [0.29, 0.717) is 4.67 Å². The van der Waals surface area contributed by atoms with Crippen LogP contribution in [-0.4, -0.2) is 38.1 Å². The fourth-order valence-electron chi connectivity index (χ4n) is 1.74. The van der Waals surface area contributed by atoms with Crippen molar-refractivity contribution in [3.8, 4) is 0 Å². The lowest BCUT2D eigenvalue weighted by atomic mass is 10.1. The van der Waals surface area contributed by atoms with Crippen LogP contribution in [0.25, 0.3) is 0 Å². The van der Waals surface area contributed by atoms with Crippen molar-refractivity contribution >= 4 is 13.7 Å². The van der Waals surface area contributed by atoms with Crippen LogP contribution in [0.3, 0.4) is 0 Å². The van der Waals surface area contributed by atoms with E-state index in [1.807, 2.05) is 0 Å². The third-order valence-electron chi connectivity index (χ3n) is 2.58. The van der Waals surface area contributed by atoms with Crippen molar-refractivity contribution in [2.24, 2.45) is 0 Å². The second-order valence-corrected chi connectivity index (χ2v) is 5.35. The first-order valence-electron chi connectivity index (χ1n) is 5.45. The van der Waals surface area contributed by atoms with E-state index in [-0.39, 0.29) is 13.0 Å². The second kappa shape index (κ2) is 6.11. The van der Waals surface area contributed by atoms with Gasteiger partial charge in [0.15, 0.2) is 0 Å². The molecule has 1 rings (SSSR count). The van der Waals surface area contributed by atoms with E-state index in [9.17, 15) is 9.36 Å². The Morgan fingerprint density at radius 2 is 1.89 bits per heavy atom. The highest BCUT2D eigenvalue weighted by Crippen LogP contribution is 2.42. The topological polar surface area (TPSA) is 98.1 Å². The van der Waals surface area contributed by atoms with Crippen LogP contribution in [0.1, 0.15) is 12.5 Å². The lowest BCUT2D eigenvalue weighted by Gasteiger charge is -2.27. The molecule has 0 spiro atoms. The minimum Gasteiger partial charge on any atom is -0.480 e. The highest BCUT2D eigenvalue weighted by molar-refractivity contribution is 7.49. The quantitative estimate of drug-likeness (QED) is 0.671. The molecule has 0 aliphatic rings. The summed E-state index contributed by atoms with van der Waals surface area (Å²) in [7, 11) is -4.57. The number of hydrogen-bond donors (Lipinski definition) is 3. The Hall–Kier alpha value is -1.20. The molecule has 0 aliphatic carbocycles. The Morgan fingerprint density at radius 1 is 1.33 bits per heavy atom. The van der Waals surface area contributed by atoms with Crippen LogP contribution in [0.15, 0.2) is 30.3 Å². The first-order chi connectivity index (χ1) is 8.36. The summed E-state index contributed by atoms with van der Waals surface area (Å²) in [6.45, 7) is 1.48. The minimum atomic E-state index is -4.57. The SMILES string of the molecule is CCN([C@@H](Cc1ccccc1)C(=O)O)P(=O)(O)O. The van der Waals surface area contributed by atoms with Gasteiger partial charge in [-0.25, -0.2) is 4.57 Å². The number of carbonyl (C=O) groups is 1. The minimum absolute atomic E-state index is 0.0337. The lowest BCUT2D eigenvalue weighted by molar-refractivity contribution is -0.141. The van der Waals surface area contributed by atoms with Gasteiger partial charge in [0.2, 0.25) is 0 Å². The van der Waals surface area contributed by atoms with Crippen molar-refractivity contribution < 1.29 is 24.3 Å². The van der Waals surface area contributed by atoms with Crippen LogP contribution in [0.5, 0.6) is 0 Å². The van der Waals surface area contributed by atoms with Crippen molar-refractivity contribution in [3.05, 3.63) is 35.9 Å². The van der Waals surface area contributed by atoms with Crippen LogP contribution >= 0.6 is 7.75 Å². The van der Waals surface area contributed by atoms with E-state index < -0.39 is 19.8 Å². The molecule has 0 aromatic heterocycles. The average molecular weight is 273 g/mol. The highest BCUT2D eigenvalue weighted by Gasteiger charge is 2.35. The Kier molecular flexibility index (Phi) is 5.04. The molecule has 0 unspecified atom stereocenters. The molecule has 6 nitrogen and oxygen atoms in total. The zero-order valence-electron chi connectivity index (χ0n) is 9.93. The maximum atomic E-state index is 11.3. The van der Waals surface area contributed by atoms with Gasteiger partial charge in [0.25, 0.3) is 0 Å². The van der Waals surface area contributed by atoms with Gasteiger partial charge in [0, 0.05) is 6.54 Å². The number of hydrogen-bond acceptors (Lipinski definition) is 2. The molecule has 0 amide bonds. The van der Waals surface area contributed by atoms with E-state index >= 15 is 0 Å². The van der Waals surface area contributed by atoms with Gasteiger partial charge in [0.1, 0.15) is 6.04 Å². The molecule has 100 valence electrons. The molecular formula is C11H16NO5P. The van der Waals surface area contributed by atoms with Crippen LogP contribution in [0.4, 0.5) is 0 Å². The summed E-state index contributed by atoms with van der Waals surface area (Å²) in [6, 6.07) is 7.51. The molecule has 0 saturated heterocycles. The third-order valence-corrected chi connectivity index (χ3v) is 3.81. The number of rotatable bonds is 6. The molecule has 1 aromatic rings. The summed E-state index contributed by atoms with van der Waals surface area (Å²) in [4.78, 5) is 29.5.